The fourth-order valence-corrected chi connectivity index (χ4v) is 5.23. The Labute approximate surface area is 178 Å². The van der Waals surface area contributed by atoms with Crippen LogP contribution in [-0.2, 0) is 9.59 Å². The Morgan fingerprint density at radius 2 is 2.03 bits per heavy atom. The number of amides is 2. The third kappa shape index (κ3) is 6.44. The quantitative estimate of drug-likeness (QED) is 0.606. The minimum Gasteiger partial charge on any atom is -0.352 e. The van der Waals surface area contributed by atoms with Crippen molar-refractivity contribution in [3.8, 4) is 0 Å². The number of rotatable bonds is 10. The Kier molecular flexibility index (Phi) is 9.43. The van der Waals surface area contributed by atoms with E-state index < -0.39 is 6.04 Å². The van der Waals surface area contributed by atoms with E-state index in [9.17, 15) is 14.0 Å². The van der Waals surface area contributed by atoms with Crippen molar-refractivity contribution in [2.45, 2.75) is 64.4 Å². The SMILES string of the molecule is CCC(=O)N1[C@@H](C(=O)N[C@@H](C)CCC[NH+](CC)CC)CS[C@H]1c1cccc(F)c1. The van der Waals surface area contributed by atoms with Crippen LogP contribution in [0.3, 0.4) is 0 Å². The molecule has 0 aliphatic carbocycles. The molecule has 1 saturated heterocycles. The average Bonchev–Trinajstić information content (AvgIpc) is 3.16. The summed E-state index contributed by atoms with van der Waals surface area (Å²) in [5, 5.41) is 2.77. The molecule has 0 saturated carbocycles. The average molecular weight is 425 g/mol. The van der Waals surface area contributed by atoms with Gasteiger partial charge < -0.3 is 15.1 Å². The summed E-state index contributed by atoms with van der Waals surface area (Å²) in [6.45, 7) is 11.5. The summed E-state index contributed by atoms with van der Waals surface area (Å²) in [6.07, 6.45) is 2.30. The predicted octanol–water partition coefficient (Wildman–Crippen LogP) is 2.39. The van der Waals surface area contributed by atoms with E-state index in [4.69, 9.17) is 0 Å². The maximum atomic E-state index is 13.7. The van der Waals surface area contributed by atoms with Crippen LogP contribution in [0, 0.1) is 5.82 Å². The fraction of sp³-hybridized carbons (Fsp3) is 0.636. The van der Waals surface area contributed by atoms with Crippen molar-refractivity contribution in [2.75, 3.05) is 25.4 Å². The van der Waals surface area contributed by atoms with Crippen LogP contribution >= 0.6 is 11.8 Å². The lowest BCUT2D eigenvalue weighted by atomic mass is 10.1. The second-order valence-corrected chi connectivity index (χ2v) is 8.78. The largest absolute Gasteiger partial charge is 0.352 e. The molecule has 1 aliphatic heterocycles. The molecule has 2 rings (SSSR count). The lowest BCUT2D eigenvalue weighted by Gasteiger charge is -2.29. The van der Waals surface area contributed by atoms with Crippen molar-refractivity contribution >= 4 is 23.6 Å². The zero-order chi connectivity index (χ0) is 21.4. The summed E-state index contributed by atoms with van der Waals surface area (Å²) in [5.41, 5.74) is 0.724. The number of halogens is 1. The van der Waals surface area contributed by atoms with E-state index in [2.05, 4.69) is 19.2 Å². The molecule has 1 fully saturated rings. The first-order valence-electron chi connectivity index (χ1n) is 10.7. The van der Waals surface area contributed by atoms with Gasteiger partial charge in [0.15, 0.2) is 0 Å². The normalized spacial score (nSPS) is 20.1. The highest BCUT2D eigenvalue weighted by molar-refractivity contribution is 7.99. The molecule has 2 amide bonds. The number of carbonyl (C=O) groups excluding carboxylic acids is 2. The highest BCUT2D eigenvalue weighted by Crippen LogP contribution is 2.41. The van der Waals surface area contributed by atoms with Crippen LogP contribution in [0.2, 0.25) is 0 Å². The first-order valence-corrected chi connectivity index (χ1v) is 11.8. The number of quaternary nitrogens is 1. The summed E-state index contributed by atoms with van der Waals surface area (Å²) in [4.78, 5) is 28.8. The molecule has 1 aromatic rings. The van der Waals surface area contributed by atoms with E-state index in [-0.39, 0.29) is 29.0 Å². The number of benzene rings is 1. The van der Waals surface area contributed by atoms with Crippen molar-refractivity contribution in [1.82, 2.24) is 10.2 Å². The second kappa shape index (κ2) is 11.6. The first kappa shape index (κ1) is 23.7. The van der Waals surface area contributed by atoms with Crippen LogP contribution in [0.25, 0.3) is 0 Å². The molecule has 7 heteroatoms. The van der Waals surface area contributed by atoms with E-state index in [0.29, 0.717) is 12.2 Å². The Morgan fingerprint density at radius 3 is 2.66 bits per heavy atom. The molecule has 5 nitrogen and oxygen atoms in total. The zero-order valence-corrected chi connectivity index (χ0v) is 18.9. The molecule has 29 heavy (non-hydrogen) atoms. The third-order valence-corrected chi connectivity index (χ3v) is 6.91. The van der Waals surface area contributed by atoms with E-state index in [0.717, 1.165) is 38.0 Å². The smallest absolute Gasteiger partial charge is 0.243 e. The van der Waals surface area contributed by atoms with E-state index in [1.54, 1.807) is 22.8 Å². The van der Waals surface area contributed by atoms with Crippen LogP contribution in [-0.4, -0.2) is 54.2 Å². The molecule has 0 spiro atoms. The summed E-state index contributed by atoms with van der Waals surface area (Å²) in [7, 11) is 0. The molecule has 0 unspecified atom stereocenters. The van der Waals surface area contributed by atoms with Crippen LogP contribution in [0.15, 0.2) is 24.3 Å². The summed E-state index contributed by atoms with van der Waals surface area (Å²) >= 11 is 1.52. The Bertz CT molecular complexity index is 684. The fourth-order valence-electron chi connectivity index (χ4n) is 3.79. The minimum absolute atomic E-state index is 0.0641. The van der Waals surface area contributed by atoms with Gasteiger partial charge in [-0.05, 0) is 51.3 Å². The van der Waals surface area contributed by atoms with Gasteiger partial charge in [-0.1, -0.05) is 19.1 Å². The predicted molar refractivity (Wildman–Crippen MR) is 116 cm³/mol. The van der Waals surface area contributed by atoms with Gasteiger partial charge in [-0.25, -0.2) is 4.39 Å². The maximum Gasteiger partial charge on any atom is 0.243 e. The number of thioether (sulfide) groups is 1. The lowest BCUT2D eigenvalue weighted by molar-refractivity contribution is -0.896. The van der Waals surface area contributed by atoms with Crippen molar-refractivity contribution in [3.63, 3.8) is 0 Å². The van der Waals surface area contributed by atoms with Gasteiger partial charge in [0.05, 0.1) is 19.6 Å². The van der Waals surface area contributed by atoms with Gasteiger partial charge in [-0.3, -0.25) is 9.59 Å². The molecule has 0 bridgehead atoms. The maximum absolute atomic E-state index is 13.7. The third-order valence-electron chi connectivity index (χ3n) is 5.58. The van der Waals surface area contributed by atoms with Crippen LogP contribution in [0.1, 0.15) is 57.9 Å². The molecule has 1 aromatic carbocycles. The molecule has 162 valence electrons. The standard InChI is InChI=1S/C22H34FN3O2S/c1-5-20(27)26-19(15-29-22(26)17-11-8-12-18(23)14-17)21(28)24-16(4)10-9-13-25(6-2)7-3/h8,11-12,14,16,19,22H,5-7,9-10,13,15H2,1-4H3,(H,24,28)/p+1/t16-,19+,22-/m0/s1. The highest BCUT2D eigenvalue weighted by atomic mass is 32.2. The van der Waals surface area contributed by atoms with Crippen molar-refractivity contribution < 1.29 is 18.9 Å². The number of carbonyl (C=O) groups is 2. The van der Waals surface area contributed by atoms with Gasteiger partial charge in [-0.15, -0.1) is 11.8 Å². The van der Waals surface area contributed by atoms with E-state index in [1.807, 2.05) is 13.0 Å². The molecule has 2 N–H and O–H groups in total. The second-order valence-electron chi connectivity index (χ2n) is 7.67. The monoisotopic (exact) mass is 424 g/mol. The summed E-state index contributed by atoms with van der Waals surface area (Å²) in [6, 6.07) is 5.85. The number of nitrogens with zero attached hydrogens (tertiary/aromatic N) is 1. The Morgan fingerprint density at radius 1 is 1.31 bits per heavy atom. The first-order chi connectivity index (χ1) is 13.9. The molecular weight excluding hydrogens is 389 g/mol. The van der Waals surface area contributed by atoms with E-state index >= 15 is 0 Å². The molecule has 0 aromatic heterocycles. The van der Waals surface area contributed by atoms with Crippen molar-refractivity contribution in [2.24, 2.45) is 0 Å². The highest BCUT2D eigenvalue weighted by Gasteiger charge is 2.41. The Hall–Kier alpha value is -1.60. The van der Waals surface area contributed by atoms with Gasteiger partial charge >= 0.3 is 0 Å². The zero-order valence-electron chi connectivity index (χ0n) is 18.0. The molecule has 3 atom stereocenters. The molecule has 1 aliphatic rings. The Balaban J connectivity index is 2.00. The van der Waals surface area contributed by atoms with Gasteiger partial charge in [0.1, 0.15) is 17.2 Å². The van der Waals surface area contributed by atoms with Crippen LogP contribution < -0.4 is 10.2 Å². The van der Waals surface area contributed by atoms with Crippen LogP contribution in [0.5, 0.6) is 0 Å². The minimum atomic E-state index is -0.517. The van der Waals surface area contributed by atoms with Gasteiger partial charge in [0.25, 0.3) is 0 Å². The molecular formula is C22H35FN3O2S+. The molecule has 0 radical (unpaired) electrons. The van der Waals surface area contributed by atoms with Crippen molar-refractivity contribution in [1.29, 1.82) is 0 Å². The topological polar surface area (TPSA) is 53.9 Å². The van der Waals surface area contributed by atoms with Gasteiger partial charge in [0, 0.05) is 18.2 Å². The number of hydrogen-bond acceptors (Lipinski definition) is 3. The number of hydrogen-bond donors (Lipinski definition) is 2. The van der Waals surface area contributed by atoms with Gasteiger partial charge in [-0.2, -0.15) is 0 Å². The summed E-state index contributed by atoms with van der Waals surface area (Å²) in [5.74, 6) is 0.00153. The lowest BCUT2D eigenvalue weighted by Crippen LogP contribution is -3.11. The number of nitrogens with one attached hydrogen (secondary N) is 2. The summed E-state index contributed by atoms with van der Waals surface area (Å²) < 4.78 is 13.7. The van der Waals surface area contributed by atoms with Crippen LogP contribution in [0.4, 0.5) is 4.39 Å². The van der Waals surface area contributed by atoms with E-state index in [1.165, 1.54) is 23.9 Å². The van der Waals surface area contributed by atoms with Crippen molar-refractivity contribution in [3.05, 3.63) is 35.6 Å². The van der Waals surface area contributed by atoms with Gasteiger partial charge in [0.2, 0.25) is 11.8 Å². The molecule has 1 heterocycles.